The van der Waals surface area contributed by atoms with Crippen LogP contribution in [0.1, 0.15) is 12.8 Å². The van der Waals surface area contributed by atoms with Gasteiger partial charge in [-0.1, -0.05) is 22.4 Å². The lowest BCUT2D eigenvalue weighted by molar-refractivity contribution is 0.340. The summed E-state index contributed by atoms with van der Waals surface area (Å²) in [5.74, 6) is 2.13. The summed E-state index contributed by atoms with van der Waals surface area (Å²) in [6.45, 7) is 2.57. The van der Waals surface area contributed by atoms with Gasteiger partial charge in [0.15, 0.2) is 0 Å². The molecule has 0 atom stereocenters. The first-order chi connectivity index (χ1) is 16.2. The molecule has 0 unspecified atom stereocenters. The number of aromatic nitrogens is 6. The summed E-state index contributed by atoms with van der Waals surface area (Å²) >= 11 is 0. The normalized spacial score (nSPS) is 10.9. The van der Waals surface area contributed by atoms with Crippen molar-refractivity contribution in [2.75, 3.05) is 6.61 Å². The minimum atomic E-state index is -0.231. The van der Waals surface area contributed by atoms with Crippen LogP contribution in [-0.2, 0) is 6.54 Å². The van der Waals surface area contributed by atoms with Gasteiger partial charge >= 0.3 is 0 Å². The van der Waals surface area contributed by atoms with E-state index in [4.69, 9.17) is 13.8 Å². The smallest absolute Gasteiger partial charge is 0.259 e. The van der Waals surface area contributed by atoms with Gasteiger partial charge in [-0.3, -0.25) is 9.78 Å². The van der Waals surface area contributed by atoms with E-state index in [2.05, 4.69) is 25.3 Å². The van der Waals surface area contributed by atoms with Gasteiger partial charge in [-0.05, 0) is 37.3 Å². The maximum atomic E-state index is 12.4. The topological polar surface area (TPSA) is 122 Å². The fraction of sp³-hybridized carbons (Fsp3) is 0.130. The fourth-order valence-electron chi connectivity index (χ4n) is 3.21. The first-order valence-electron chi connectivity index (χ1n) is 10.2. The van der Waals surface area contributed by atoms with Crippen molar-refractivity contribution in [1.29, 1.82) is 0 Å². The Kier molecular flexibility index (Phi) is 5.46. The maximum absolute atomic E-state index is 12.4. The SMILES string of the molecule is CCOc1cccc(-c2noc(Cn3cc(-c4nc(-c5ccncc5)no4)ccc3=O)n2)c1. The average molecular weight is 442 g/mol. The Labute approximate surface area is 187 Å². The number of hydrogen-bond donors (Lipinski definition) is 0. The molecule has 0 bridgehead atoms. The van der Waals surface area contributed by atoms with E-state index in [-0.39, 0.29) is 23.9 Å². The molecule has 0 aliphatic rings. The van der Waals surface area contributed by atoms with Crippen molar-refractivity contribution in [1.82, 2.24) is 29.8 Å². The Bertz CT molecular complexity index is 1440. The first kappa shape index (κ1) is 20.3. The van der Waals surface area contributed by atoms with Gasteiger partial charge in [-0.15, -0.1) is 0 Å². The van der Waals surface area contributed by atoms with Gasteiger partial charge in [0.05, 0.1) is 12.2 Å². The van der Waals surface area contributed by atoms with Crippen LogP contribution in [-0.4, -0.2) is 36.4 Å². The van der Waals surface area contributed by atoms with Crippen LogP contribution in [0.4, 0.5) is 0 Å². The summed E-state index contributed by atoms with van der Waals surface area (Å²) < 4.78 is 17.7. The molecule has 0 fully saturated rings. The molecule has 10 heteroatoms. The second kappa shape index (κ2) is 8.87. The van der Waals surface area contributed by atoms with Crippen LogP contribution in [0.25, 0.3) is 34.2 Å². The van der Waals surface area contributed by atoms with Crippen molar-refractivity contribution in [3.05, 3.63) is 83.4 Å². The highest BCUT2D eigenvalue weighted by atomic mass is 16.5. The van der Waals surface area contributed by atoms with Crippen LogP contribution in [0.15, 0.2) is 81.0 Å². The molecule has 164 valence electrons. The van der Waals surface area contributed by atoms with E-state index in [0.29, 0.717) is 23.8 Å². The highest BCUT2D eigenvalue weighted by Crippen LogP contribution is 2.23. The molecular formula is C23H18N6O4. The van der Waals surface area contributed by atoms with Gasteiger partial charge in [0.25, 0.3) is 11.4 Å². The molecule has 0 saturated carbocycles. The number of hydrogen-bond acceptors (Lipinski definition) is 9. The predicted octanol–water partition coefficient (Wildman–Crippen LogP) is 3.46. The van der Waals surface area contributed by atoms with Crippen molar-refractivity contribution in [3.8, 4) is 40.0 Å². The summed E-state index contributed by atoms with van der Waals surface area (Å²) in [6.07, 6.45) is 4.92. The number of rotatable bonds is 7. The Morgan fingerprint density at radius 1 is 0.909 bits per heavy atom. The lowest BCUT2D eigenvalue weighted by atomic mass is 10.2. The third-order valence-corrected chi connectivity index (χ3v) is 4.77. The first-order valence-corrected chi connectivity index (χ1v) is 10.2. The maximum Gasteiger partial charge on any atom is 0.259 e. The molecule has 4 heterocycles. The average Bonchev–Trinajstić information content (AvgIpc) is 3.52. The molecule has 0 saturated heterocycles. The lowest BCUT2D eigenvalue weighted by Gasteiger charge is -2.03. The van der Waals surface area contributed by atoms with Gasteiger partial charge in [0.2, 0.25) is 17.5 Å². The Hall–Kier alpha value is -4.60. The van der Waals surface area contributed by atoms with Gasteiger partial charge in [-0.25, -0.2) is 0 Å². The van der Waals surface area contributed by atoms with Crippen molar-refractivity contribution >= 4 is 0 Å². The van der Waals surface area contributed by atoms with E-state index >= 15 is 0 Å². The van der Waals surface area contributed by atoms with Crippen LogP contribution in [0.2, 0.25) is 0 Å². The zero-order chi connectivity index (χ0) is 22.6. The summed E-state index contributed by atoms with van der Waals surface area (Å²) in [5, 5.41) is 8.03. The molecule has 0 radical (unpaired) electrons. The minimum absolute atomic E-state index is 0.0934. The number of ether oxygens (including phenoxy) is 1. The quantitative estimate of drug-likeness (QED) is 0.373. The second-order valence-electron chi connectivity index (χ2n) is 7.02. The fourth-order valence-corrected chi connectivity index (χ4v) is 3.21. The monoisotopic (exact) mass is 442 g/mol. The summed E-state index contributed by atoms with van der Waals surface area (Å²) in [7, 11) is 0. The molecule has 0 amide bonds. The van der Waals surface area contributed by atoms with E-state index in [1.807, 2.05) is 31.2 Å². The second-order valence-corrected chi connectivity index (χ2v) is 7.02. The van der Waals surface area contributed by atoms with E-state index in [1.54, 1.807) is 36.8 Å². The van der Waals surface area contributed by atoms with Crippen molar-refractivity contribution in [2.24, 2.45) is 0 Å². The summed E-state index contributed by atoms with van der Waals surface area (Å²) in [4.78, 5) is 25.2. The molecule has 10 nitrogen and oxygen atoms in total. The van der Waals surface area contributed by atoms with Gasteiger partial charge in [0, 0.05) is 35.8 Å². The van der Waals surface area contributed by atoms with Gasteiger partial charge in [0.1, 0.15) is 12.3 Å². The van der Waals surface area contributed by atoms with E-state index in [0.717, 1.165) is 16.9 Å². The Morgan fingerprint density at radius 3 is 2.58 bits per heavy atom. The largest absolute Gasteiger partial charge is 0.494 e. The molecule has 0 aliphatic carbocycles. The summed E-state index contributed by atoms with van der Waals surface area (Å²) in [6, 6.07) is 14.0. The minimum Gasteiger partial charge on any atom is -0.494 e. The number of benzene rings is 1. The summed E-state index contributed by atoms with van der Waals surface area (Å²) in [5.41, 5.74) is 1.89. The lowest BCUT2D eigenvalue weighted by Crippen LogP contribution is -2.19. The van der Waals surface area contributed by atoms with E-state index in [9.17, 15) is 4.79 Å². The molecule has 0 aliphatic heterocycles. The zero-order valence-corrected chi connectivity index (χ0v) is 17.6. The zero-order valence-electron chi connectivity index (χ0n) is 17.6. The predicted molar refractivity (Wildman–Crippen MR) is 117 cm³/mol. The van der Waals surface area contributed by atoms with Gasteiger partial charge in [-0.2, -0.15) is 9.97 Å². The van der Waals surface area contributed by atoms with Crippen molar-refractivity contribution in [2.45, 2.75) is 13.5 Å². The number of pyridine rings is 2. The third-order valence-electron chi connectivity index (χ3n) is 4.77. The Morgan fingerprint density at radius 2 is 1.73 bits per heavy atom. The van der Waals surface area contributed by atoms with Crippen LogP contribution < -0.4 is 10.3 Å². The van der Waals surface area contributed by atoms with Crippen LogP contribution in [0.5, 0.6) is 5.75 Å². The van der Waals surface area contributed by atoms with Crippen LogP contribution in [0.3, 0.4) is 0 Å². The highest BCUT2D eigenvalue weighted by molar-refractivity contribution is 5.59. The van der Waals surface area contributed by atoms with Crippen molar-refractivity contribution < 1.29 is 13.8 Å². The molecule has 0 N–H and O–H groups in total. The van der Waals surface area contributed by atoms with Crippen LogP contribution in [0, 0.1) is 0 Å². The Balaban J connectivity index is 1.38. The molecule has 5 rings (SSSR count). The molecular weight excluding hydrogens is 424 g/mol. The van der Waals surface area contributed by atoms with Crippen molar-refractivity contribution in [3.63, 3.8) is 0 Å². The third kappa shape index (κ3) is 4.40. The molecule has 4 aromatic heterocycles. The van der Waals surface area contributed by atoms with E-state index < -0.39 is 0 Å². The molecule has 1 aromatic carbocycles. The standard InChI is InChI=1S/C23H18N6O4/c1-2-31-18-5-3-4-16(12-18)22-25-19(32-27-22)14-29-13-17(6-7-20(29)30)23-26-21(28-33-23)15-8-10-24-11-9-15/h3-13H,2,14H2,1H3. The van der Waals surface area contributed by atoms with Gasteiger partial charge < -0.3 is 18.4 Å². The van der Waals surface area contributed by atoms with E-state index in [1.165, 1.54) is 10.6 Å². The molecule has 33 heavy (non-hydrogen) atoms. The highest BCUT2D eigenvalue weighted by Gasteiger charge is 2.14. The van der Waals surface area contributed by atoms with Crippen LogP contribution >= 0.6 is 0 Å². The molecule has 5 aromatic rings. The number of nitrogens with zero attached hydrogens (tertiary/aromatic N) is 6. The molecule has 0 spiro atoms.